The van der Waals surface area contributed by atoms with E-state index in [-0.39, 0.29) is 23.5 Å². The predicted molar refractivity (Wildman–Crippen MR) is 351 cm³/mol. The third-order valence-electron chi connectivity index (χ3n) is 19.5. The summed E-state index contributed by atoms with van der Waals surface area (Å²) in [4.78, 5) is 27.7. The maximum atomic E-state index is 11.3. The molecular formula is C71H129N7O5. The number of aliphatic hydroxyl groups is 1. The second kappa shape index (κ2) is 34.8. The standard InChI is InChI=1S/C12H21NO.C11H21NO.C11H19N.C10H17NO.C10H19N.C9H17N.C8H15NO2/c1-10(2)11(3)13-7-4-12(5-8-13)6-9-14-12;1-9(2)10(3)12-7-5-11(13-4)6-8-12;1-8(2)9(3)12-10-4-5-11(12)7-6-10;1-8(2)9(3)11-4-10(5-11)6-12-7-10;1-9(2)10(3)11-7-5-4-6-8-11;1-8(2)9(3)10-6-4-5-7-10;1-6(2)8(11)9-4-3-7(10)5-9/h10H,3-9H2,1-2H3;9,11H,3,5-8H2,1-2,4H3;8,10-11H,3-7H2,1-2H3;8H,3-7H2,1-2H3;9H,3-8H2,1-2H3;8H,3-7H2,1-2H3;6-7,10H,3-5H2,1-2H3. The normalized spacial score (nSPS) is 23.8. The number of fused-ring (bicyclic) bond motifs is 2. The highest BCUT2D eigenvalue weighted by atomic mass is 16.5. The zero-order valence-corrected chi connectivity index (χ0v) is 56.5. The molecule has 10 saturated heterocycles. The van der Waals surface area contributed by atoms with Crippen molar-refractivity contribution in [3.05, 3.63) is 73.7 Å². The number of methoxy groups -OCH3 is 1. The maximum absolute atomic E-state index is 11.3. The number of hydrogen-bond donors (Lipinski definition) is 1. The minimum absolute atomic E-state index is 0.0558. The Bertz CT molecular complexity index is 1940. The molecule has 12 nitrogen and oxygen atoms in total. The Hall–Kier alpha value is -3.45. The van der Waals surface area contributed by atoms with Gasteiger partial charge in [-0.2, -0.15) is 0 Å². The van der Waals surface area contributed by atoms with E-state index in [2.05, 4.69) is 152 Å². The van der Waals surface area contributed by atoms with Crippen molar-refractivity contribution in [3.8, 4) is 0 Å². The number of allylic oxidation sites excluding steroid dienone is 6. The molecule has 83 heavy (non-hydrogen) atoms. The summed E-state index contributed by atoms with van der Waals surface area (Å²) in [7, 11) is 1.80. The lowest BCUT2D eigenvalue weighted by molar-refractivity contribution is -0.181. The van der Waals surface area contributed by atoms with E-state index in [0.29, 0.717) is 53.6 Å². The fourth-order valence-electron chi connectivity index (χ4n) is 12.9. The average molecular weight is 1160 g/mol. The number of ether oxygens (including phenoxy) is 3. The van der Waals surface area contributed by atoms with Crippen molar-refractivity contribution in [1.82, 2.24) is 34.3 Å². The summed E-state index contributed by atoms with van der Waals surface area (Å²) in [6.45, 7) is 71.0. The van der Waals surface area contributed by atoms with Gasteiger partial charge in [0.15, 0.2) is 0 Å². The van der Waals surface area contributed by atoms with Crippen molar-refractivity contribution in [2.75, 3.05) is 105 Å². The van der Waals surface area contributed by atoms with Crippen LogP contribution in [0.2, 0.25) is 0 Å². The van der Waals surface area contributed by atoms with Crippen LogP contribution >= 0.6 is 0 Å². The third kappa shape index (κ3) is 22.0. The minimum atomic E-state index is -0.294. The zero-order chi connectivity index (χ0) is 61.8. The minimum Gasteiger partial charge on any atom is -0.391 e. The molecule has 1 unspecified atom stereocenters. The zero-order valence-electron chi connectivity index (χ0n) is 56.5. The van der Waals surface area contributed by atoms with Crippen molar-refractivity contribution in [3.63, 3.8) is 0 Å². The van der Waals surface area contributed by atoms with Gasteiger partial charge in [-0.3, -0.25) is 4.79 Å². The Labute approximate surface area is 511 Å². The summed E-state index contributed by atoms with van der Waals surface area (Å²) in [5.74, 6) is 3.81. The second-order valence-corrected chi connectivity index (χ2v) is 28.4. The van der Waals surface area contributed by atoms with Crippen LogP contribution in [-0.4, -0.2) is 181 Å². The van der Waals surface area contributed by atoms with E-state index in [4.69, 9.17) is 19.3 Å². The average Bonchev–Trinajstić information content (AvgIpc) is 4.27. The number of β-amino-alcohol motifs (C(OH)–C–C–N with tert-alkyl or cyclic N) is 1. The molecule has 10 aliphatic heterocycles. The molecule has 10 rings (SSSR count). The van der Waals surface area contributed by atoms with E-state index in [1.165, 1.54) is 151 Å². The largest absolute Gasteiger partial charge is 0.391 e. The second-order valence-electron chi connectivity index (χ2n) is 28.4. The number of piperidine rings is 3. The summed E-state index contributed by atoms with van der Waals surface area (Å²) in [5, 5.41) is 9.14. The molecule has 2 spiro atoms. The van der Waals surface area contributed by atoms with Crippen molar-refractivity contribution >= 4 is 5.91 Å². The van der Waals surface area contributed by atoms with Crippen LogP contribution in [0.3, 0.4) is 0 Å². The molecule has 0 aromatic heterocycles. The number of carbonyl (C=O) groups is 1. The van der Waals surface area contributed by atoms with Crippen LogP contribution in [0.5, 0.6) is 0 Å². The summed E-state index contributed by atoms with van der Waals surface area (Å²) in [6, 6.07) is 1.70. The molecule has 0 aromatic carbocycles. The molecule has 10 aliphatic rings. The molecule has 12 heteroatoms. The first-order valence-electron chi connectivity index (χ1n) is 33.5. The van der Waals surface area contributed by atoms with E-state index in [0.717, 1.165) is 83.9 Å². The Morgan fingerprint density at radius 1 is 0.458 bits per heavy atom. The highest BCUT2D eigenvalue weighted by Gasteiger charge is 2.49. The fraction of sp³-hybridized carbons (Fsp3) is 0.817. The first-order valence-corrected chi connectivity index (χ1v) is 33.5. The predicted octanol–water partition coefficient (Wildman–Crippen LogP) is 14.1. The first kappa shape index (κ1) is 72.0. The Kier molecular flexibility index (Phi) is 30.2. The van der Waals surface area contributed by atoms with Gasteiger partial charge in [-0.1, -0.05) is 136 Å². The van der Waals surface area contributed by atoms with Crippen molar-refractivity contribution < 1.29 is 24.1 Å². The monoisotopic (exact) mass is 1160 g/mol. The van der Waals surface area contributed by atoms with Crippen LogP contribution in [-0.2, 0) is 19.0 Å². The molecular weight excluding hydrogens is 1030 g/mol. The van der Waals surface area contributed by atoms with Crippen LogP contribution in [0, 0.1) is 46.8 Å². The van der Waals surface area contributed by atoms with Crippen LogP contribution in [0.1, 0.15) is 193 Å². The highest BCUT2D eigenvalue weighted by Crippen LogP contribution is 2.42. The van der Waals surface area contributed by atoms with Crippen LogP contribution in [0.25, 0.3) is 0 Å². The van der Waals surface area contributed by atoms with Gasteiger partial charge in [0.25, 0.3) is 0 Å². The lowest BCUT2D eigenvalue weighted by Crippen LogP contribution is -2.65. The number of carbonyl (C=O) groups excluding carboxylic acids is 1. The van der Waals surface area contributed by atoms with Crippen molar-refractivity contribution in [2.45, 2.75) is 223 Å². The molecule has 0 aliphatic carbocycles. The van der Waals surface area contributed by atoms with Gasteiger partial charge in [-0.05, 0) is 132 Å². The van der Waals surface area contributed by atoms with Crippen LogP contribution in [0.15, 0.2) is 73.7 Å². The summed E-state index contributed by atoms with van der Waals surface area (Å²) in [5.41, 5.74) is 8.66. The maximum Gasteiger partial charge on any atom is 0.225 e. The molecule has 10 fully saturated rings. The smallest absolute Gasteiger partial charge is 0.225 e. The van der Waals surface area contributed by atoms with Gasteiger partial charge in [-0.15, -0.1) is 0 Å². The lowest BCUT2D eigenvalue weighted by atomic mass is 9.77. The lowest BCUT2D eigenvalue weighted by Gasteiger charge is -2.57. The SMILES string of the molecule is C=C(C(C)C)N1C2CCC1CC2.C=C(C(C)C)N1CC2(COC2)C1.C=C(C(C)C)N1CCC(OC)CC1.C=C(C(C)C)N1CCC2(CCO2)CC1.C=C(C(C)C)N1CCCC1.C=C(C(C)C)N1CCCCC1.CC(C)C(=O)N1CCC(O)C1. The Morgan fingerprint density at radius 2 is 0.819 bits per heavy atom. The molecule has 2 bridgehead atoms. The summed E-state index contributed by atoms with van der Waals surface area (Å²) < 4.78 is 16.2. The molecule has 1 atom stereocenters. The number of amides is 1. The quantitative estimate of drug-likeness (QED) is 0.180. The summed E-state index contributed by atoms with van der Waals surface area (Å²) in [6.07, 6.45) is 19.3. The van der Waals surface area contributed by atoms with Gasteiger partial charge in [0.1, 0.15) is 0 Å². The van der Waals surface area contributed by atoms with Crippen LogP contribution < -0.4 is 0 Å². The molecule has 10 heterocycles. The number of hydrogen-bond acceptors (Lipinski definition) is 11. The van der Waals surface area contributed by atoms with E-state index >= 15 is 0 Å². The molecule has 0 aromatic rings. The molecule has 1 amide bonds. The Balaban J connectivity index is 0.000000208. The number of likely N-dealkylation sites (tertiary alicyclic amines) is 6. The molecule has 0 saturated carbocycles. The van der Waals surface area contributed by atoms with E-state index in [9.17, 15) is 4.79 Å². The van der Waals surface area contributed by atoms with Crippen molar-refractivity contribution in [1.29, 1.82) is 0 Å². The van der Waals surface area contributed by atoms with Gasteiger partial charge < -0.3 is 53.6 Å². The van der Waals surface area contributed by atoms with Crippen molar-refractivity contribution in [2.24, 2.45) is 46.8 Å². The van der Waals surface area contributed by atoms with Crippen LogP contribution in [0.4, 0.5) is 0 Å². The molecule has 0 radical (unpaired) electrons. The van der Waals surface area contributed by atoms with Gasteiger partial charge in [0.05, 0.1) is 43.0 Å². The number of rotatable bonds is 14. The summed E-state index contributed by atoms with van der Waals surface area (Å²) >= 11 is 0. The Morgan fingerprint density at radius 3 is 1.13 bits per heavy atom. The number of aliphatic hydroxyl groups excluding tert-OH is 1. The highest BCUT2D eigenvalue weighted by molar-refractivity contribution is 5.78. The fourth-order valence-corrected chi connectivity index (χ4v) is 12.9. The first-order chi connectivity index (χ1) is 39.1. The van der Waals surface area contributed by atoms with Gasteiger partial charge >= 0.3 is 0 Å². The van der Waals surface area contributed by atoms with Gasteiger partial charge in [0.2, 0.25) is 5.91 Å². The molecule has 478 valence electrons. The molecule has 1 N–H and O–H groups in total. The van der Waals surface area contributed by atoms with E-state index in [1.54, 1.807) is 12.0 Å². The van der Waals surface area contributed by atoms with E-state index in [1.807, 2.05) is 13.8 Å². The van der Waals surface area contributed by atoms with Gasteiger partial charge in [0, 0.05) is 138 Å². The number of nitrogens with zero attached hydrogens (tertiary/aromatic N) is 7. The van der Waals surface area contributed by atoms with E-state index < -0.39 is 0 Å². The third-order valence-corrected chi connectivity index (χ3v) is 19.5. The topological polar surface area (TPSA) is 87.7 Å². The van der Waals surface area contributed by atoms with Gasteiger partial charge in [-0.25, -0.2) is 0 Å².